The Hall–Kier alpha value is -1.54. The third-order valence-electron chi connectivity index (χ3n) is 2.31. The van der Waals surface area contributed by atoms with Gasteiger partial charge in [0.1, 0.15) is 18.2 Å². The van der Waals surface area contributed by atoms with Crippen molar-refractivity contribution in [3.63, 3.8) is 0 Å². The van der Waals surface area contributed by atoms with E-state index >= 15 is 0 Å². The van der Waals surface area contributed by atoms with Gasteiger partial charge in [-0.2, -0.15) is 0 Å². The lowest BCUT2D eigenvalue weighted by molar-refractivity contribution is 0.0973. The number of anilines is 1. The molecule has 0 amide bonds. The molecule has 104 valence electrons. The number of aromatic amines is 1. The summed E-state index contributed by atoms with van der Waals surface area (Å²) in [7, 11) is -4.14. The maximum Gasteiger partial charge on any atom is 0.350 e. The van der Waals surface area contributed by atoms with Crippen LogP contribution in [-0.2, 0) is 9.30 Å². The Bertz CT molecular complexity index is 597. The molecule has 0 aliphatic heterocycles. The van der Waals surface area contributed by atoms with Crippen molar-refractivity contribution in [2.45, 2.75) is 13.0 Å². The summed E-state index contributed by atoms with van der Waals surface area (Å²) in [5.74, 6) is 0.564. The number of rotatable bonds is 6. The molecule has 2 aromatic heterocycles. The summed E-state index contributed by atoms with van der Waals surface area (Å²) in [4.78, 5) is 32.3. The lowest BCUT2D eigenvalue weighted by Gasteiger charge is -2.14. The number of hydrogen-bond donors (Lipinski definition) is 4. The lowest BCUT2D eigenvalue weighted by atomic mass is 10.4. The van der Waals surface area contributed by atoms with Gasteiger partial charge in [-0.15, -0.1) is 0 Å². The summed E-state index contributed by atoms with van der Waals surface area (Å²) < 4.78 is 15.7. The number of nitrogens with zero attached hydrogens (tertiary/aromatic N) is 3. The van der Waals surface area contributed by atoms with Gasteiger partial charge in [-0.1, -0.05) is 0 Å². The maximum atomic E-state index is 10.7. The van der Waals surface area contributed by atoms with Crippen LogP contribution in [0.1, 0.15) is 6.92 Å². The second kappa shape index (κ2) is 5.62. The fourth-order valence-corrected chi connectivity index (χ4v) is 1.87. The van der Waals surface area contributed by atoms with Crippen molar-refractivity contribution in [3.8, 4) is 0 Å². The minimum atomic E-state index is -4.14. The summed E-state index contributed by atoms with van der Waals surface area (Å²) in [5, 5.41) is 3.01. The fraction of sp³-hybridized carbons (Fsp3) is 0.444. The van der Waals surface area contributed by atoms with Gasteiger partial charge in [0.2, 0.25) is 0 Å². The van der Waals surface area contributed by atoms with E-state index in [1.165, 1.54) is 12.7 Å². The number of H-pyrrole nitrogens is 1. The molecule has 0 radical (unpaired) electrons. The minimum Gasteiger partial charge on any atom is -0.366 e. The molecule has 2 heterocycles. The van der Waals surface area contributed by atoms with Crippen molar-refractivity contribution in [1.29, 1.82) is 0 Å². The number of imidazole rings is 1. The Morgan fingerprint density at radius 1 is 1.47 bits per heavy atom. The monoisotopic (exact) mass is 287 g/mol. The molecule has 0 bridgehead atoms. The molecule has 10 heteroatoms. The SMILES string of the molecule is CC(CNc1ncnc2nc[nH]c12)OCP(=O)(O)O. The van der Waals surface area contributed by atoms with E-state index in [0.717, 1.165) is 0 Å². The van der Waals surface area contributed by atoms with Gasteiger partial charge in [0.25, 0.3) is 0 Å². The molecule has 19 heavy (non-hydrogen) atoms. The van der Waals surface area contributed by atoms with Crippen LogP contribution in [0.5, 0.6) is 0 Å². The first-order chi connectivity index (χ1) is 8.96. The first-order valence-electron chi connectivity index (χ1n) is 5.50. The van der Waals surface area contributed by atoms with Crippen LogP contribution in [0.15, 0.2) is 12.7 Å². The summed E-state index contributed by atoms with van der Waals surface area (Å²) in [6.07, 6.45) is 1.92. The molecular weight excluding hydrogens is 273 g/mol. The van der Waals surface area contributed by atoms with E-state index in [1.54, 1.807) is 6.92 Å². The van der Waals surface area contributed by atoms with E-state index in [4.69, 9.17) is 14.5 Å². The first-order valence-corrected chi connectivity index (χ1v) is 7.29. The minimum absolute atomic E-state index is 0.352. The summed E-state index contributed by atoms with van der Waals surface area (Å²) in [6, 6.07) is 0. The Balaban J connectivity index is 1.92. The van der Waals surface area contributed by atoms with E-state index in [2.05, 4.69) is 25.3 Å². The van der Waals surface area contributed by atoms with Gasteiger partial charge < -0.3 is 24.8 Å². The quantitative estimate of drug-likeness (QED) is 0.558. The van der Waals surface area contributed by atoms with Crippen LogP contribution in [-0.4, -0.2) is 48.7 Å². The zero-order valence-corrected chi connectivity index (χ0v) is 11.0. The summed E-state index contributed by atoms with van der Waals surface area (Å²) in [6.45, 7) is 2.05. The molecular formula is C9H14N5O4P. The van der Waals surface area contributed by atoms with Crippen molar-refractivity contribution in [2.24, 2.45) is 0 Å². The number of fused-ring (bicyclic) bond motifs is 1. The molecule has 0 fully saturated rings. The average Bonchev–Trinajstić information content (AvgIpc) is 2.81. The molecule has 0 saturated heterocycles. The summed E-state index contributed by atoms with van der Waals surface area (Å²) in [5.41, 5.74) is 1.21. The average molecular weight is 287 g/mol. The predicted molar refractivity (Wildman–Crippen MR) is 67.6 cm³/mol. The Morgan fingerprint density at radius 2 is 2.26 bits per heavy atom. The topological polar surface area (TPSA) is 133 Å². The van der Waals surface area contributed by atoms with E-state index in [9.17, 15) is 4.57 Å². The largest absolute Gasteiger partial charge is 0.366 e. The zero-order valence-electron chi connectivity index (χ0n) is 10.1. The van der Waals surface area contributed by atoms with E-state index in [0.29, 0.717) is 23.5 Å². The van der Waals surface area contributed by atoms with Crippen LogP contribution >= 0.6 is 7.60 Å². The van der Waals surface area contributed by atoms with Crippen molar-refractivity contribution in [3.05, 3.63) is 12.7 Å². The third-order valence-corrected chi connectivity index (χ3v) is 2.79. The lowest BCUT2D eigenvalue weighted by Crippen LogP contribution is -2.21. The highest BCUT2D eigenvalue weighted by Gasteiger charge is 2.15. The zero-order chi connectivity index (χ0) is 13.9. The number of nitrogens with one attached hydrogen (secondary N) is 2. The molecule has 0 spiro atoms. The fourth-order valence-electron chi connectivity index (χ4n) is 1.42. The van der Waals surface area contributed by atoms with E-state index in [1.807, 2.05) is 0 Å². The third kappa shape index (κ3) is 3.97. The number of aromatic nitrogens is 4. The molecule has 4 N–H and O–H groups in total. The molecule has 1 atom stereocenters. The van der Waals surface area contributed by atoms with Crippen molar-refractivity contribution < 1.29 is 19.1 Å². The molecule has 0 saturated carbocycles. The highest BCUT2D eigenvalue weighted by atomic mass is 31.2. The van der Waals surface area contributed by atoms with Crippen molar-refractivity contribution >= 4 is 24.6 Å². The Labute approximate surface area is 108 Å². The molecule has 0 aliphatic carbocycles. The maximum absolute atomic E-state index is 10.7. The van der Waals surface area contributed by atoms with Gasteiger partial charge in [0, 0.05) is 6.54 Å². The molecule has 0 aliphatic rings. The van der Waals surface area contributed by atoms with Gasteiger partial charge >= 0.3 is 7.60 Å². The van der Waals surface area contributed by atoms with Gasteiger partial charge in [-0.25, -0.2) is 15.0 Å². The van der Waals surface area contributed by atoms with Crippen LogP contribution in [0.3, 0.4) is 0 Å². The van der Waals surface area contributed by atoms with Crippen molar-refractivity contribution in [2.75, 3.05) is 18.2 Å². The van der Waals surface area contributed by atoms with Gasteiger partial charge in [-0.3, -0.25) is 4.57 Å². The number of ether oxygens (including phenoxy) is 1. The first kappa shape index (κ1) is 13.9. The van der Waals surface area contributed by atoms with E-state index < -0.39 is 13.9 Å². The van der Waals surface area contributed by atoms with Gasteiger partial charge in [0.05, 0.1) is 12.4 Å². The molecule has 2 aromatic rings. The molecule has 0 aromatic carbocycles. The smallest absolute Gasteiger partial charge is 0.350 e. The molecule has 1 unspecified atom stereocenters. The van der Waals surface area contributed by atoms with Gasteiger partial charge in [-0.05, 0) is 6.92 Å². The van der Waals surface area contributed by atoms with E-state index in [-0.39, 0.29) is 6.10 Å². The van der Waals surface area contributed by atoms with Crippen LogP contribution in [0, 0.1) is 0 Å². The normalized spacial score (nSPS) is 13.6. The predicted octanol–water partition coefficient (Wildman–Crippen LogP) is 0.305. The van der Waals surface area contributed by atoms with Crippen molar-refractivity contribution in [1.82, 2.24) is 19.9 Å². The Kier molecular flexibility index (Phi) is 4.11. The molecule has 2 rings (SSSR count). The van der Waals surface area contributed by atoms with Crippen LogP contribution < -0.4 is 5.32 Å². The van der Waals surface area contributed by atoms with Crippen LogP contribution in [0.4, 0.5) is 5.82 Å². The van der Waals surface area contributed by atoms with Gasteiger partial charge in [0.15, 0.2) is 11.5 Å². The van der Waals surface area contributed by atoms with Crippen LogP contribution in [0.2, 0.25) is 0 Å². The van der Waals surface area contributed by atoms with Crippen LogP contribution in [0.25, 0.3) is 11.2 Å². The number of hydrogen-bond acceptors (Lipinski definition) is 6. The second-order valence-electron chi connectivity index (χ2n) is 3.98. The Morgan fingerprint density at radius 3 is 3.00 bits per heavy atom. The standard InChI is InChI=1S/C9H14N5O4P/c1-6(18-5-19(15,16)17)2-10-8-7-9(12-3-11-7)14-4-13-8/h3-4,6H,2,5H2,1H3,(H2,15,16,17)(H2,10,11,12,13,14). The summed E-state index contributed by atoms with van der Waals surface area (Å²) >= 11 is 0. The highest BCUT2D eigenvalue weighted by Crippen LogP contribution is 2.34. The molecule has 9 nitrogen and oxygen atoms in total. The second-order valence-corrected chi connectivity index (χ2v) is 5.56. The highest BCUT2D eigenvalue weighted by molar-refractivity contribution is 7.51.